The first-order valence-electron chi connectivity index (χ1n) is 11.0. The Bertz CT molecular complexity index is 1180. The van der Waals surface area contributed by atoms with Crippen LogP contribution in [-0.4, -0.2) is 49.1 Å². The minimum atomic E-state index is -3.47. The van der Waals surface area contributed by atoms with Crippen LogP contribution in [0.25, 0.3) is 10.9 Å². The van der Waals surface area contributed by atoms with E-state index in [1.807, 2.05) is 16.8 Å². The lowest BCUT2D eigenvalue weighted by molar-refractivity contribution is -0.121. The van der Waals surface area contributed by atoms with Crippen LogP contribution in [0.1, 0.15) is 24.8 Å². The number of amides is 1. The number of thioether (sulfide) groups is 1. The van der Waals surface area contributed by atoms with Crippen LogP contribution in [0.5, 0.6) is 0 Å². The van der Waals surface area contributed by atoms with Crippen molar-refractivity contribution in [2.24, 2.45) is 0 Å². The van der Waals surface area contributed by atoms with E-state index in [-0.39, 0.29) is 12.5 Å². The summed E-state index contributed by atoms with van der Waals surface area (Å²) in [7, 11) is -3.47. The molecule has 1 amide bonds. The van der Waals surface area contributed by atoms with Gasteiger partial charge in [-0.15, -0.1) is 11.8 Å². The monoisotopic (exact) mass is 471 g/mol. The van der Waals surface area contributed by atoms with Crippen molar-refractivity contribution in [3.63, 3.8) is 0 Å². The van der Waals surface area contributed by atoms with E-state index in [0.717, 1.165) is 36.6 Å². The number of rotatable bonds is 8. The van der Waals surface area contributed by atoms with Gasteiger partial charge in [-0.05, 0) is 67.5 Å². The molecule has 2 heterocycles. The maximum Gasteiger partial charge on any atom is 0.243 e. The highest BCUT2D eigenvalue weighted by Crippen LogP contribution is 2.25. The van der Waals surface area contributed by atoms with Crippen LogP contribution < -0.4 is 5.32 Å². The molecule has 1 aliphatic rings. The highest BCUT2D eigenvalue weighted by atomic mass is 32.2. The molecule has 1 saturated heterocycles. The summed E-state index contributed by atoms with van der Waals surface area (Å²) in [5.41, 5.74) is 2.04. The molecular formula is C24H29N3O3S2. The summed E-state index contributed by atoms with van der Waals surface area (Å²) in [5.74, 6) is -0.0618. The van der Waals surface area contributed by atoms with E-state index in [9.17, 15) is 13.2 Å². The zero-order valence-electron chi connectivity index (χ0n) is 18.3. The lowest BCUT2D eigenvalue weighted by atomic mass is 10.1. The van der Waals surface area contributed by atoms with Crippen LogP contribution >= 0.6 is 11.8 Å². The quantitative estimate of drug-likeness (QED) is 0.506. The zero-order chi connectivity index (χ0) is 22.6. The number of nitrogens with one attached hydrogen (secondary N) is 1. The fraction of sp³-hybridized carbons (Fsp3) is 0.375. The van der Waals surface area contributed by atoms with Gasteiger partial charge in [0.25, 0.3) is 0 Å². The first-order valence-corrected chi connectivity index (χ1v) is 13.6. The fourth-order valence-electron chi connectivity index (χ4n) is 4.08. The molecule has 0 saturated carbocycles. The van der Waals surface area contributed by atoms with E-state index in [0.29, 0.717) is 24.5 Å². The van der Waals surface area contributed by atoms with Crippen molar-refractivity contribution in [3.8, 4) is 0 Å². The van der Waals surface area contributed by atoms with Crippen molar-refractivity contribution in [2.75, 3.05) is 25.9 Å². The molecule has 0 unspecified atom stereocenters. The van der Waals surface area contributed by atoms with Crippen LogP contribution in [0, 0.1) is 0 Å². The summed E-state index contributed by atoms with van der Waals surface area (Å²) in [6.07, 6.45) is 7.58. The molecule has 2 aromatic carbocycles. The molecule has 0 atom stereocenters. The van der Waals surface area contributed by atoms with Crippen molar-refractivity contribution in [1.82, 2.24) is 14.2 Å². The van der Waals surface area contributed by atoms with Gasteiger partial charge >= 0.3 is 0 Å². The molecule has 0 radical (unpaired) electrons. The van der Waals surface area contributed by atoms with Crippen LogP contribution in [0.4, 0.5) is 0 Å². The van der Waals surface area contributed by atoms with Gasteiger partial charge < -0.3 is 9.88 Å². The molecular weight excluding hydrogens is 442 g/mol. The molecule has 1 aliphatic heterocycles. The second-order valence-electron chi connectivity index (χ2n) is 8.08. The molecule has 4 rings (SSSR count). The van der Waals surface area contributed by atoms with Gasteiger partial charge in [-0.2, -0.15) is 4.31 Å². The van der Waals surface area contributed by atoms with Gasteiger partial charge in [0, 0.05) is 41.6 Å². The number of hydrogen-bond acceptors (Lipinski definition) is 4. The Morgan fingerprint density at radius 3 is 2.50 bits per heavy atom. The van der Waals surface area contributed by atoms with E-state index in [4.69, 9.17) is 0 Å². The Balaban J connectivity index is 1.37. The van der Waals surface area contributed by atoms with Gasteiger partial charge in [-0.1, -0.05) is 18.6 Å². The summed E-state index contributed by atoms with van der Waals surface area (Å²) < 4.78 is 29.3. The van der Waals surface area contributed by atoms with Crippen LogP contribution in [-0.2, 0) is 27.8 Å². The van der Waals surface area contributed by atoms with E-state index < -0.39 is 10.0 Å². The lowest BCUT2D eigenvalue weighted by Gasteiger charge is -2.25. The second kappa shape index (κ2) is 10.1. The van der Waals surface area contributed by atoms with Gasteiger partial charge in [0.15, 0.2) is 0 Å². The predicted octanol–water partition coefficient (Wildman–Crippen LogP) is 3.90. The van der Waals surface area contributed by atoms with Gasteiger partial charge in [-0.25, -0.2) is 8.42 Å². The number of fused-ring (bicyclic) bond motifs is 1. The summed E-state index contributed by atoms with van der Waals surface area (Å²) >= 11 is 1.71. The maximum atomic E-state index is 12.9. The normalized spacial score (nSPS) is 15.2. The largest absolute Gasteiger partial charge is 0.354 e. The highest BCUT2D eigenvalue weighted by Gasteiger charge is 2.26. The van der Waals surface area contributed by atoms with Crippen LogP contribution in [0.15, 0.2) is 64.5 Å². The Kier molecular flexibility index (Phi) is 7.23. The van der Waals surface area contributed by atoms with E-state index in [1.165, 1.54) is 10.5 Å². The van der Waals surface area contributed by atoms with E-state index >= 15 is 0 Å². The summed E-state index contributed by atoms with van der Waals surface area (Å²) in [6, 6.07) is 15.4. The Morgan fingerprint density at radius 1 is 1.03 bits per heavy atom. The SMILES string of the molecule is CSc1ccc(CCNC(=O)Cn2ccc3cc(S(=O)(=O)N4CCCCC4)ccc32)cc1. The summed E-state index contributed by atoms with van der Waals surface area (Å²) in [5, 5.41) is 3.80. The molecule has 1 N–H and O–H groups in total. The molecule has 1 fully saturated rings. The number of carbonyl (C=O) groups excluding carboxylic acids is 1. The minimum absolute atomic E-state index is 0.0618. The molecule has 0 aliphatic carbocycles. The second-order valence-corrected chi connectivity index (χ2v) is 10.9. The predicted molar refractivity (Wildman–Crippen MR) is 129 cm³/mol. The lowest BCUT2D eigenvalue weighted by Crippen LogP contribution is -2.35. The average molecular weight is 472 g/mol. The third-order valence-electron chi connectivity index (χ3n) is 5.90. The standard InChI is InChI=1S/C24H29N3O3S2/c1-31-21-7-5-19(6-8-21)11-13-25-24(28)18-26-16-12-20-17-22(9-10-23(20)26)32(29,30)27-14-3-2-4-15-27/h5-10,12,16-17H,2-4,11,13-15,18H2,1H3,(H,25,28). The molecule has 6 nitrogen and oxygen atoms in total. The molecule has 0 spiro atoms. The number of carbonyl (C=O) groups is 1. The molecule has 3 aromatic rings. The maximum absolute atomic E-state index is 12.9. The smallest absolute Gasteiger partial charge is 0.243 e. The highest BCUT2D eigenvalue weighted by molar-refractivity contribution is 7.98. The molecule has 8 heteroatoms. The van der Waals surface area contributed by atoms with Crippen LogP contribution in [0.2, 0.25) is 0 Å². The van der Waals surface area contributed by atoms with Crippen molar-refractivity contribution < 1.29 is 13.2 Å². The third-order valence-corrected chi connectivity index (χ3v) is 8.54. The molecule has 32 heavy (non-hydrogen) atoms. The van der Waals surface area contributed by atoms with Crippen molar-refractivity contribution in [2.45, 2.75) is 42.0 Å². The summed E-state index contributed by atoms with van der Waals surface area (Å²) in [4.78, 5) is 14.0. The van der Waals surface area contributed by atoms with E-state index in [2.05, 4.69) is 35.8 Å². The van der Waals surface area contributed by atoms with Crippen LogP contribution in [0.3, 0.4) is 0 Å². The minimum Gasteiger partial charge on any atom is -0.354 e. The zero-order valence-corrected chi connectivity index (χ0v) is 19.9. The number of piperidine rings is 1. The van der Waals surface area contributed by atoms with Crippen molar-refractivity contribution in [3.05, 3.63) is 60.3 Å². The molecule has 1 aromatic heterocycles. The van der Waals surface area contributed by atoms with Gasteiger partial charge in [-0.3, -0.25) is 4.79 Å². The number of aromatic nitrogens is 1. The van der Waals surface area contributed by atoms with Gasteiger partial charge in [0.05, 0.1) is 4.90 Å². The van der Waals surface area contributed by atoms with Gasteiger partial charge in [0.2, 0.25) is 15.9 Å². The fourth-order valence-corrected chi connectivity index (χ4v) is 6.04. The Morgan fingerprint density at radius 2 is 1.78 bits per heavy atom. The number of sulfonamides is 1. The Labute approximate surface area is 194 Å². The average Bonchev–Trinajstić information content (AvgIpc) is 3.22. The number of nitrogens with zero attached hydrogens (tertiary/aromatic N) is 2. The topological polar surface area (TPSA) is 71.4 Å². The molecule has 0 bridgehead atoms. The summed E-state index contributed by atoms with van der Waals surface area (Å²) in [6.45, 7) is 1.95. The molecule has 170 valence electrons. The van der Waals surface area contributed by atoms with E-state index in [1.54, 1.807) is 34.3 Å². The number of benzene rings is 2. The first kappa shape index (κ1) is 22.9. The van der Waals surface area contributed by atoms with Crippen molar-refractivity contribution in [1.29, 1.82) is 0 Å². The first-order chi connectivity index (χ1) is 15.5. The van der Waals surface area contributed by atoms with Crippen molar-refractivity contribution >= 4 is 38.6 Å². The number of hydrogen-bond donors (Lipinski definition) is 1. The Hall–Kier alpha value is -2.29. The third kappa shape index (κ3) is 5.19. The van der Waals surface area contributed by atoms with Gasteiger partial charge in [0.1, 0.15) is 6.54 Å².